The minimum Gasteiger partial charge on any atom is -0.478 e. The molecular formula is C16H18N2O2S. The van der Waals surface area contributed by atoms with Crippen molar-refractivity contribution in [2.24, 2.45) is 0 Å². The quantitative estimate of drug-likeness (QED) is 0.903. The van der Waals surface area contributed by atoms with Crippen molar-refractivity contribution in [3.05, 3.63) is 36.0 Å². The molecule has 0 saturated heterocycles. The number of benzene rings is 1. The molecule has 0 radical (unpaired) electrons. The smallest absolute Gasteiger partial charge is 0.337 e. The van der Waals surface area contributed by atoms with E-state index in [0.717, 1.165) is 29.4 Å². The predicted molar refractivity (Wildman–Crippen MR) is 87.3 cm³/mol. The highest BCUT2D eigenvalue weighted by Gasteiger charge is 2.24. The van der Waals surface area contributed by atoms with Crippen LogP contribution in [-0.2, 0) is 0 Å². The number of rotatable bonds is 4. The fourth-order valence-corrected chi connectivity index (χ4v) is 3.75. The normalized spacial score (nSPS) is 21.6. The van der Waals surface area contributed by atoms with Crippen LogP contribution in [0, 0.1) is 0 Å². The van der Waals surface area contributed by atoms with Crippen LogP contribution < -0.4 is 5.32 Å². The van der Waals surface area contributed by atoms with E-state index in [2.05, 4.69) is 16.6 Å². The topological polar surface area (TPSA) is 62.2 Å². The Kier molecular flexibility index (Phi) is 4.01. The number of hydrogen-bond donors (Lipinski definition) is 2. The molecule has 1 saturated carbocycles. The predicted octanol–water partition coefficient (Wildman–Crippen LogP) is 3.63. The number of thioether (sulfide) groups is 1. The van der Waals surface area contributed by atoms with Crippen LogP contribution in [0.4, 0.5) is 5.82 Å². The van der Waals surface area contributed by atoms with Crippen molar-refractivity contribution in [3.8, 4) is 0 Å². The number of fused-ring (bicyclic) bond motifs is 1. The molecule has 0 amide bonds. The Morgan fingerprint density at radius 1 is 1.33 bits per heavy atom. The molecule has 21 heavy (non-hydrogen) atoms. The maximum atomic E-state index is 11.3. The van der Waals surface area contributed by atoms with E-state index < -0.39 is 5.97 Å². The zero-order valence-electron chi connectivity index (χ0n) is 11.9. The first-order valence-corrected chi connectivity index (χ1v) is 8.38. The third-order valence-corrected chi connectivity index (χ3v) is 5.18. The number of carboxylic acids is 1. The third kappa shape index (κ3) is 2.83. The summed E-state index contributed by atoms with van der Waals surface area (Å²) in [5.41, 5.74) is 0.254. The molecule has 1 aromatic carbocycles. The van der Waals surface area contributed by atoms with Crippen molar-refractivity contribution < 1.29 is 9.90 Å². The molecule has 1 heterocycles. The van der Waals surface area contributed by atoms with Gasteiger partial charge in [0.2, 0.25) is 0 Å². The second-order valence-corrected chi connectivity index (χ2v) is 6.52. The average molecular weight is 302 g/mol. The summed E-state index contributed by atoms with van der Waals surface area (Å²) in [5.74, 6) is -0.143. The number of pyridine rings is 1. The monoisotopic (exact) mass is 302 g/mol. The molecule has 4 nitrogen and oxygen atoms in total. The molecule has 5 heteroatoms. The van der Waals surface area contributed by atoms with Crippen LogP contribution in [0.1, 0.15) is 29.6 Å². The van der Waals surface area contributed by atoms with Crippen LogP contribution in [0.3, 0.4) is 0 Å². The van der Waals surface area contributed by atoms with Gasteiger partial charge >= 0.3 is 5.97 Å². The molecule has 0 aliphatic heterocycles. The SMILES string of the molecule is CSC1CCC(Nc2ncc(C(=O)O)c3ccccc23)C1. The van der Waals surface area contributed by atoms with Crippen molar-refractivity contribution in [2.75, 3.05) is 11.6 Å². The van der Waals surface area contributed by atoms with E-state index in [9.17, 15) is 9.90 Å². The lowest BCUT2D eigenvalue weighted by Gasteiger charge is -2.16. The molecule has 1 aliphatic rings. The molecule has 2 unspecified atom stereocenters. The Morgan fingerprint density at radius 3 is 2.76 bits per heavy atom. The van der Waals surface area contributed by atoms with Crippen LogP contribution in [0.15, 0.2) is 30.5 Å². The van der Waals surface area contributed by atoms with Crippen LogP contribution in [0.5, 0.6) is 0 Å². The molecule has 1 aromatic heterocycles. The summed E-state index contributed by atoms with van der Waals surface area (Å²) in [7, 11) is 0. The standard InChI is InChI=1S/C16H18N2O2S/c1-21-11-7-6-10(8-11)18-15-13-5-3-2-4-12(13)14(9-17-15)16(19)20/h2-5,9-11H,6-8H2,1H3,(H,17,18)(H,19,20). The van der Waals surface area contributed by atoms with Gasteiger partial charge in [-0.2, -0.15) is 11.8 Å². The lowest BCUT2D eigenvalue weighted by atomic mass is 10.1. The van der Waals surface area contributed by atoms with E-state index in [1.807, 2.05) is 36.0 Å². The number of anilines is 1. The zero-order valence-corrected chi connectivity index (χ0v) is 12.7. The zero-order chi connectivity index (χ0) is 14.8. The lowest BCUT2D eigenvalue weighted by molar-refractivity contribution is 0.0698. The Labute approximate surface area is 128 Å². The second kappa shape index (κ2) is 5.93. The van der Waals surface area contributed by atoms with E-state index >= 15 is 0 Å². The van der Waals surface area contributed by atoms with Gasteiger partial charge in [0.1, 0.15) is 5.82 Å². The van der Waals surface area contributed by atoms with Crippen molar-refractivity contribution in [1.29, 1.82) is 0 Å². The summed E-state index contributed by atoms with van der Waals surface area (Å²) in [5, 5.41) is 15.1. The van der Waals surface area contributed by atoms with E-state index in [4.69, 9.17) is 0 Å². The van der Waals surface area contributed by atoms with E-state index in [1.165, 1.54) is 12.6 Å². The highest BCUT2D eigenvalue weighted by molar-refractivity contribution is 7.99. The molecule has 3 rings (SSSR count). The van der Waals surface area contributed by atoms with Gasteiger partial charge in [-0.05, 0) is 25.5 Å². The number of carbonyl (C=O) groups is 1. The lowest BCUT2D eigenvalue weighted by Crippen LogP contribution is -2.17. The summed E-state index contributed by atoms with van der Waals surface area (Å²) >= 11 is 1.92. The van der Waals surface area contributed by atoms with Gasteiger partial charge in [0.25, 0.3) is 0 Å². The largest absolute Gasteiger partial charge is 0.478 e. The van der Waals surface area contributed by atoms with Gasteiger partial charge in [0.05, 0.1) is 5.56 Å². The van der Waals surface area contributed by atoms with Crippen molar-refractivity contribution in [1.82, 2.24) is 4.98 Å². The highest BCUT2D eigenvalue weighted by Crippen LogP contribution is 2.32. The number of carboxylic acid groups (broad SMARTS) is 1. The summed E-state index contributed by atoms with van der Waals surface area (Å²) < 4.78 is 0. The fourth-order valence-electron chi connectivity index (χ4n) is 2.96. The fraction of sp³-hybridized carbons (Fsp3) is 0.375. The minimum atomic E-state index is -0.937. The van der Waals surface area contributed by atoms with Crippen molar-refractivity contribution in [2.45, 2.75) is 30.6 Å². The van der Waals surface area contributed by atoms with Crippen LogP contribution in [0.25, 0.3) is 10.8 Å². The number of nitrogens with one attached hydrogen (secondary N) is 1. The molecule has 2 N–H and O–H groups in total. The van der Waals surface area contributed by atoms with Gasteiger partial charge in [-0.1, -0.05) is 24.3 Å². The molecule has 2 aromatic rings. The molecular weight excluding hydrogens is 284 g/mol. The first-order valence-electron chi connectivity index (χ1n) is 7.09. The van der Waals surface area contributed by atoms with E-state index in [1.54, 1.807) is 0 Å². The highest BCUT2D eigenvalue weighted by atomic mass is 32.2. The van der Waals surface area contributed by atoms with Gasteiger partial charge in [-0.15, -0.1) is 0 Å². The number of aromatic carboxylic acids is 1. The van der Waals surface area contributed by atoms with E-state index in [0.29, 0.717) is 11.3 Å². The number of hydrogen-bond acceptors (Lipinski definition) is 4. The summed E-state index contributed by atoms with van der Waals surface area (Å²) in [6.07, 6.45) is 7.11. The Hall–Kier alpha value is -1.75. The maximum absolute atomic E-state index is 11.3. The molecule has 1 aliphatic carbocycles. The summed E-state index contributed by atoms with van der Waals surface area (Å²) in [6.45, 7) is 0. The molecule has 0 spiro atoms. The Bertz CT molecular complexity index is 674. The van der Waals surface area contributed by atoms with Crippen LogP contribution in [0.2, 0.25) is 0 Å². The van der Waals surface area contributed by atoms with Gasteiger partial charge in [0.15, 0.2) is 0 Å². The minimum absolute atomic E-state index is 0.254. The third-order valence-electron chi connectivity index (χ3n) is 4.08. The van der Waals surface area contributed by atoms with Crippen LogP contribution >= 0.6 is 11.8 Å². The average Bonchev–Trinajstić information content (AvgIpc) is 2.95. The Morgan fingerprint density at radius 2 is 2.10 bits per heavy atom. The summed E-state index contributed by atoms with van der Waals surface area (Å²) in [4.78, 5) is 15.6. The van der Waals surface area contributed by atoms with Crippen LogP contribution in [-0.4, -0.2) is 33.6 Å². The number of nitrogens with zero attached hydrogens (tertiary/aromatic N) is 1. The summed E-state index contributed by atoms with van der Waals surface area (Å²) in [6, 6.07) is 7.97. The Balaban J connectivity index is 1.93. The van der Waals surface area contributed by atoms with Gasteiger partial charge < -0.3 is 10.4 Å². The molecule has 1 fully saturated rings. The first kappa shape index (κ1) is 14.2. The van der Waals surface area contributed by atoms with Gasteiger partial charge in [0, 0.05) is 28.3 Å². The van der Waals surface area contributed by atoms with Crippen molar-refractivity contribution in [3.63, 3.8) is 0 Å². The van der Waals surface area contributed by atoms with Crippen molar-refractivity contribution >= 4 is 34.3 Å². The van der Waals surface area contributed by atoms with Gasteiger partial charge in [-0.25, -0.2) is 9.78 Å². The molecule has 2 atom stereocenters. The maximum Gasteiger partial charge on any atom is 0.337 e. The first-order chi connectivity index (χ1) is 10.2. The second-order valence-electron chi connectivity index (χ2n) is 5.38. The molecule has 0 bridgehead atoms. The molecule has 110 valence electrons. The van der Waals surface area contributed by atoms with Gasteiger partial charge in [-0.3, -0.25) is 0 Å². The van der Waals surface area contributed by atoms with E-state index in [-0.39, 0.29) is 5.56 Å². The number of aromatic nitrogens is 1.